The summed E-state index contributed by atoms with van der Waals surface area (Å²) in [5.74, 6) is 0.426. The Hall–Kier alpha value is -2.93. The number of carbonyl (C=O) groups excluding carboxylic acids is 1. The fourth-order valence-electron chi connectivity index (χ4n) is 1.93. The predicted molar refractivity (Wildman–Crippen MR) is 90.0 cm³/mol. The Labute approximate surface area is 136 Å². The van der Waals surface area contributed by atoms with Crippen LogP contribution in [0.15, 0.2) is 52.9 Å². The quantitative estimate of drug-likeness (QED) is 0.559. The van der Waals surface area contributed by atoms with Gasteiger partial charge in [0.25, 0.3) is 5.91 Å². The number of carbonyl (C=O) groups is 1. The number of benzene rings is 1. The first-order valence-electron chi connectivity index (χ1n) is 6.83. The number of nitrogens with one attached hydrogen (secondary N) is 2. The number of rotatable bonds is 5. The summed E-state index contributed by atoms with van der Waals surface area (Å²) >= 11 is 1.54. The molecule has 2 N–H and O–H groups in total. The maximum atomic E-state index is 12.0. The van der Waals surface area contributed by atoms with Crippen molar-refractivity contribution in [2.45, 2.75) is 0 Å². The van der Waals surface area contributed by atoms with Gasteiger partial charge in [0.15, 0.2) is 0 Å². The molecule has 7 heteroatoms. The average molecular weight is 326 g/mol. The van der Waals surface area contributed by atoms with Crippen molar-refractivity contribution in [2.75, 3.05) is 7.11 Å². The molecule has 0 spiro atoms. The van der Waals surface area contributed by atoms with Crippen molar-refractivity contribution in [2.24, 2.45) is 5.10 Å². The predicted octanol–water partition coefficient (Wildman–Crippen LogP) is 2.91. The normalized spacial score (nSPS) is 10.8. The van der Waals surface area contributed by atoms with Crippen LogP contribution in [0, 0.1) is 0 Å². The first-order valence-corrected chi connectivity index (χ1v) is 7.71. The van der Waals surface area contributed by atoms with Crippen molar-refractivity contribution in [1.29, 1.82) is 0 Å². The fraction of sp³-hybridized carbons (Fsp3) is 0.0625. The smallest absolute Gasteiger partial charge is 0.289 e. The Bertz CT molecular complexity index is 807. The highest BCUT2D eigenvalue weighted by atomic mass is 32.1. The molecule has 2 aromatic heterocycles. The molecule has 1 aromatic carbocycles. The summed E-state index contributed by atoms with van der Waals surface area (Å²) in [6, 6.07) is 13.0. The zero-order valence-corrected chi connectivity index (χ0v) is 13.1. The number of H-pyrrole nitrogens is 1. The van der Waals surface area contributed by atoms with Crippen molar-refractivity contribution in [3.8, 4) is 17.0 Å². The van der Waals surface area contributed by atoms with Gasteiger partial charge in [-0.3, -0.25) is 9.89 Å². The van der Waals surface area contributed by atoms with Crippen molar-refractivity contribution in [3.05, 3.63) is 58.4 Å². The second-order valence-corrected chi connectivity index (χ2v) is 5.59. The van der Waals surface area contributed by atoms with Gasteiger partial charge in [0, 0.05) is 10.4 Å². The fourth-order valence-corrected chi connectivity index (χ4v) is 2.51. The Kier molecular flexibility index (Phi) is 4.49. The van der Waals surface area contributed by atoms with Gasteiger partial charge in [-0.05, 0) is 41.8 Å². The van der Waals surface area contributed by atoms with E-state index in [9.17, 15) is 4.79 Å². The van der Waals surface area contributed by atoms with Crippen LogP contribution < -0.4 is 10.2 Å². The summed E-state index contributed by atoms with van der Waals surface area (Å²) in [6.07, 6.45) is 1.60. The molecule has 6 nitrogen and oxygen atoms in total. The molecule has 1 amide bonds. The number of ether oxygens (including phenoxy) is 1. The van der Waals surface area contributed by atoms with Crippen molar-refractivity contribution in [3.63, 3.8) is 0 Å². The molecule has 0 aliphatic heterocycles. The van der Waals surface area contributed by atoms with Crippen LogP contribution in [0.25, 0.3) is 11.3 Å². The summed E-state index contributed by atoms with van der Waals surface area (Å²) in [5.41, 5.74) is 4.39. The second kappa shape index (κ2) is 6.89. The molecule has 23 heavy (non-hydrogen) atoms. The standard InChI is InChI=1S/C16H14N4O2S/c1-22-12-6-4-11(5-7-12)14-9-15(19-18-14)16(21)20-17-10-13-3-2-8-23-13/h2-10H,1H3,(H,18,19)(H,20,21). The highest BCUT2D eigenvalue weighted by Gasteiger charge is 2.10. The Morgan fingerprint density at radius 1 is 1.35 bits per heavy atom. The number of hydrogen-bond acceptors (Lipinski definition) is 5. The third-order valence-electron chi connectivity index (χ3n) is 3.11. The van der Waals surface area contributed by atoms with Crippen LogP contribution in [-0.2, 0) is 0 Å². The minimum Gasteiger partial charge on any atom is -0.497 e. The lowest BCUT2D eigenvalue weighted by molar-refractivity contribution is 0.0950. The largest absolute Gasteiger partial charge is 0.497 e. The van der Waals surface area contributed by atoms with Gasteiger partial charge in [0.05, 0.1) is 19.0 Å². The van der Waals surface area contributed by atoms with Crippen LogP contribution in [0.4, 0.5) is 0 Å². The van der Waals surface area contributed by atoms with Crippen LogP contribution in [-0.4, -0.2) is 29.4 Å². The van der Waals surface area contributed by atoms with Gasteiger partial charge in [-0.25, -0.2) is 5.43 Å². The minimum atomic E-state index is -0.343. The van der Waals surface area contributed by atoms with E-state index in [0.29, 0.717) is 11.4 Å². The molecule has 0 radical (unpaired) electrons. The molecule has 116 valence electrons. The van der Waals surface area contributed by atoms with Gasteiger partial charge >= 0.3 is 0 Å². The number of amides is 1. The summed E-state index contributed by atoms with van der Waals surface area (Å²) in [7, 11) is 1.61. The second-order valence-electron chi connectivity index (χ2n) is 4.61. The summed E-state index contributed by atoms with van der Waals surface area (Å²) < 4.78 is 5.12. The number of methoxy groups -OCH3 is 1. The minimum absolute atomic E-state index is 0.343. The summed E-state index contributed by atoms with van der Waals surface area (Å²) in [4.78, 5) is 13.0. The van der Waals surface area contributed by atoms with E-state index in [-0.39, 0.29) is 5.91 Å². The number of hydrazone groups is 1. The molecule has 3 aromatic rings. The first kappa shape index (κ1) is 15.0. The zero-order chi connectivity index (χ0) is 16.1. The first-order chi connectivity index (χ1) is 11.3. The molecule has 0 aliphatic rings. The SMILES string of the molecule is COc1ccc(-c2cc(C(=O)NN=Cc3cccs3)[nH]n2)cc1. The molecule has 0 saturated heterocycles. The van der Waals surface area contributed by atoms with E-state index in [0.717, 1.165) is 16.2 Å². The van der Waals surface area contributed by atoms with Gasteiger partial charge in [-0.15, -0.1) is 11.3 Å². The average Bonchev–Trinajstić information content (AvgIpc) is 3.26. The van der Waals surface area contributed by atoms with E-state index in [1.165, 1.54) is 0 Å². The number of aromatic nitrogens is 2. The van der Waals surface area contributed by atoms with Gasteiger partial charge < -0.3 is 4.74 Å². The Morgan fingerprint density at radius 3 is 2.87 bits per heavy atom. The van der Waals surface area contributed by atoms with Crippen molar-refractivity contribution >= 4 is 23.5 Å². The monoisotopic (exact) mass is 326 g/mol. The third-order valence-corrected chi connectivity index (χ3v) is 3.92. The van der Waals surface area contributed by atoms with Crippen molar-refractivity contribution in [1.82, 2.24) is 15.6 Å². The molecule has 0 unspecified atom stereocenters. The van der Waals surface area contributed by atoms with Crippen LogP contribution in [0.2, 0.25) is 0 Å². The molecule has 0 aliphatic carbocycles. The molecule has 3 rings (SSSR count). The molecule has 0 atom stereocenters. The van der Waals surface area contributed by atoms with E-state index in [1.54, 1.807) is 30.7 Å². The summed E-state index contributed by atoms with van der Waals surface area (Å²) in [5, 5.41) is 12.7. The van der Waals surface area contributed by atoms with E-state index in [2.05, 4.69) is 20.7 Å². The Morgan fingerprint density at radius 2 is 2.17 bits per heavy atom. The van der Waals surface area contributed by atoms with E-state index >= 15 is 0 Å². The molecule has 0 bridgehead atoms. The van der Waals surface area contributed by atoms with Gasteiger partial charge in [-0.2, -0.15) is 10.2 Å². The zero-order valence-electron chi connectivity index (χ0n) is 12.3. The molecule has 0 saturated carbocycles. The van der Waals surface area contributed by atoms with Crippen molar-refractivity contribution < 1.29 is 9.53 Å². The van der Waals surface area contributed by atoms with Crippen LogP contribution in [0.1, 0.15) is 15.4 Å². The number of thiophene rings is 1. The van der Waals surface area contributed by atoms with E-state index in [4.69, 9.17) is 4.74 Å². The molecular weight excluding hydrogens is 312 g/mol. The van der Waals surface area contributed by atoms with Crippen LogP contribution >= 0.6 is 11.3 Å². The third kappa shape index (κ3) is 3.64. The number of nitrogens with zero attached hydrogens (tertiary/aromatic N) is 2. The van der Waals surface area contributed by atoms with Gasteiger partial charge in [-0.1, -0.05) is 6.07 Å². The number of hydrogen-bond donors (Lipinski definition) is 2. The van der Waals surface area contributed by atoms with Gasteiger partial charge in [0.1, 0.15) is 11.4 Å². The molecule has 0 fully saturated rings. The highest BCUT2D eigenvalue weighted by Crippen LogP contribution is 2.21. The van der Waals surface area contributed by atoms with Gasteiger partial charge in [0.2, 0.25) is 0 Å². The number of aromatic amines is 1. The Balaban J connectivity index is 1.67. The van der Waals surface area contributed by atoms with Crippen LogP contribution in [0.5, 0.6) is 5.75 Å². The highest BCUT2D eigenvalue weighted by molar-refractivity contribution is 7.11. The topological polar surface area (TPSA) is 79.4 Å². The summed E-state index contributed by atoms with van der Waals surface area (Å²) in [6.45, 7) is 0. The lowest BCUT2D eigenvalue weighted by Crippen LogP contribution is -2.17. The maximum absolute atomic E-state index is 12.0. The molecule has 2 heterocycles. The van der Waals surface area contributed by atoms with E-state index < -0.39 is 0 Å². The lowest BCUT2D eigenvalue weighted by atomic mass is 10.1. The van der Waals surface area contributed by atoms with E-state index in [1.807, 2.05) is 41.8 Å². The lowest BCUT2D eigenvalue weighted by Gasteiger charge is -1.99. The molecular formula is C16H14N4O2S. The maximum Gasteiger partial charge on any atom is 0.289 e. The van der Waals surface area contributed by atoms with Crippen LogP contribution in [0.3, 0.4) is 0 Å².